The Bertz CT molecular complexity index is 649. The summed E-state index contributed by atoms with van der Waals surface area (Å²) in [5, 5.41) is 0. The molecule has 0 saturated heterocycles. The Morgan fingerprint density at radius 3 is 2.79 bits per heavy atom. The molecule has 0 bridgehead atoms. The minimum absolute atomic E-state index is 0.00748. The molecule has 2 N–H and O–H groups in total. The standard InChI is InChI=1S/C12H9BrFN3O2/c1-19-12(18)8-5-16-11(17-10(8)15)7-3-2-6(14)4-9(7)13/h2-5H,1H3,(H2,15,16,17). The summed E-state index contributed by atoms with van der Waals surface area (Å²) in [7, 11) is 1.24. The van der Waals surface area contributed by atoms with Crippen LogP contribution in [0.2, 0.25) is 0 Å². The zero-order valence-electron chi connectivity index (χ0n) is 9.85. The summed E-state index contributed by atoms with van der Waals surface area (Å²) in [6, 6.07) is 4.10. The Morgan fingerprint density at radius 2 is 2.21 bits per heavy atom. The van der Waals surface area contributed by atoms with E-state index in [4.69, 9.17) is 5.73 Å². The number of hydrogen-bond donors (Lipinski definition) is 1. The van der Waals surface area contributed by atoms with Crippen molar-refractivity contribution in [1.29, 1.82) is 0 Å². The normalized spacial score (nSPS) is 10.3. The van der Waals surface area contributed by atoms with Crippen LogP contribution < -0.4 is 5.73 Å². The van der Waals surface area contributed by atoms with E-state index in [1.165, 1.54) is 31.5 Å². The van der Waals surface area contributed by atoms with Crippen molar-refractivity contribution in [1.82, 2.24) is 9.97 Å². The second-order valence-electron chi connectivity index (χ2n) is 3.61. The topological polar surface area (TPSA) is 78.1 Å². The van der Waals surface area contributed by atoms with Gasteiger partial charge in [0.2, 0.25) is 0 Å². The van der Waals surface area contributed by atoms with Crippen LogP contribution in [-0.4, -0.2) is 23.0 Å². The number of halogens is 2. The summed E-state index contributed by atoms with van der Waals surface area (Å²) < 4.78 is 18.0. The number of anilines is 1. The summed E-state index contributed by atoms with van der Waals surface area (Å²) in [5.74, 6) is -0.692. The Balaban J connectivity index is 2.47. The van der Waals surface area contributed by atoms with Crippen LogP contribution >= 0.6 is 15.9 Å². The van der Waals surface area contributed by atoms with E-state index in [1.807, 2.05) is 0 Å². The molecule has 1 aromatic carbocycles. The summed E-state index contributed by atoms with van der Waals surface area (Å²) in [6.45, 7) is 0. The molecule has 0 unspecified atom stereocenters. The fourth-order valence-electron chi connectivity index (χ4n) is 1.46. The van der Waals surface area contributed by atoms with Crippen molar-refractivity contribution in [2.45, 2.75) is 0 Å². The largest absolute Gasteiger partial charge is 0.465 e. The van der Waals surface area contributed by atoms with Crippen LogP contribution in [0.3, 0.4) is 0 Å². The molecule has 1 aromatic heterocycles. The molecule has 0 saturated carbocycles. The summed E-state index contributed by atoms with van der Waals surface area (Å²) in [4.78, 5) is 19.4. The lowest BCUT2D eigenvalue weighted by atomic mass is 10.2. The first-order valence-corrected chi connectivity index (χ1v) is 5.98. The van der Waals surface area contributed by atoms with Gasteiger partial charge in [-0.05, 0) is 34.1 Å². The fraction of sp³-hybridized carbons (Fsp3) is 0.0833. The molecule has 0 radical (unpaired) electrons. The molecule has 0 spiro atoms. The molecule has 0 atom stereocenters. The van der Waals surface area contributed by atoms with Gasteiger partial charge < -0.3 is 10.5 Å². The lowest BCUT2D eigenvalue weighted by Crippen LogP contribution is -2.09. The average Bonchev–Trinajstić information content (AvgIpc) is 2.37. The van der Waals surface area contributed by atoms with Gasteiger partial charge in [0.1, 0.15) is 17.2 Å². The minimum atomic E-state index is -0.609. The second-order valence-corrected chi connectivity index (χ2v) is 4.46. The number of nitrogens with zero attached hydrogens (tertiary/aromatic N) is 2. The van der Waals surface area contributed by atoms with Crippen molar-refractivity contribution < 1.29 is 13.9 Å². The molecule has 0 aliphatic carbocycles. The van der Waals surface area contributed by atoms with E-state index >= 15 is 0 Å². The predicted octanol–water partition coefficient (Wildman–Crippen LogP) is 2.41. The van der Waals surface area contributed by atoms with Gasteiger partial charge in [-0.15, -0.1) is 0 Å². The number of aromatic nitrogens is 2. The molecule has 0 aliphatic heterocycles. The van der Waals surface area contributed by atoms with Gasteiger partial charge in [-0.25, -0.2) is 19.2 Å². The first-order chi connectivity index (χ1) is 9.02. The number of ether oxygens (including phenoxy) is 1. The molecular formula is C12H9BrFN3O2. The number of rotatable bonds is 2. The molecule has 0 fully saturated rings. The molecule has 2 aromatic rings. The number of nitrogen functional groups attached to an aromatic ring is 1. The highest BCUT2D eigenvalue weighted by molar-refractivity contribution is 9.10. The summed E-state index contributed by atoms with van der Waals surface area (Å²) in [5.41, 5.74) is 6.33. The van der Waals surface area contributed by atoms with E-state index in [0.29, 0.717) is 10.0 Å². The first kappa shape index (κ1) is 13.4. The maximum Gasteiger partial charge on any atom is 0.343 e. The van der Waals surface area contributed by atoms with E-state index in [1.54, 1.807) is 0 Å². The van der Waals surface area contributed by atoms with Crippen LogP contribution in [0.5, 0.6) is 0 Å². The van der Waals surface area contributed by atoms with Gasteiger partial charge in [0, 0.05) is 16.2 Å². The van der Waals surface area contributed by atoms with Gasteiger partial charge in [0.05, 0.1) is 7.11 Å². The Morgan fingerprint density at radius 1 is 1.47 bits per heavy atom. The number of carbonyl (C=O) groups excluding carboxylic acids is 1. The van der Waals surface area contributed by atoms with Gasteiger partial charge in [0.15, 0.2) is 5.82 Å². The van der Waals surface area contributed by atoms with Crippen LogP contribution in [0.1, 0.15) is 10.4 Å². The van der Waals surface area contributed by atoms with E-state index in [0.717, 1.165) is 0 Å². The van der Waals surface area contributed by atoms with Crippen molar-refractivity contribution in [3.63, 3.8) is 0 Å². The zero-order chi connectivity index (χ0) is 14.0. The number of carbonyl (C=O) groups is 1. The van der Waals surface area contributed by atoms with Gasteiger partial charge in [-0.3, -0.25) is 0 Å². The maximum atomic E-state index is 13.0. The van der Waals surface area contributed by atoms with Crippen molar-refractivity contribution in [2.75, 3.05) is 12.8 Å². The lowest BCUT2D eigenvalue weighted by molar-refractivity contribution is 0.0601. The predicted molar refractivity (Wildman–Crippen MR) is 70.9 cm³/mol. The molecule has 0 aliphatic rings. The highest BCUT2D eigenvalue weighted by Gasteiger charge is 2.14. The Hall–Kier alpha value is -2.02. The third kappa shape index (κ3) is 2.70. The number of methoxy groups -OCH3 is 1. The number of hydrogen-bond acceptors (Lipinski definition) is 5. The van der Waals surface area contributed by atoms with E-state index in [9.17, 15) is 9.18 Å². The molecule has 2 rings (SSSR count). The molecule has 1 heterocycles. The van der Waals surface area contributed by atoms with E-state index in [2.05, 4.69) is 30.6 Å². The van der Waals surface area contributed by atoms with Crippen LogP contribution in [0, 0.1) is 5.82 Å². The molecule has 7 heteroatoms. The molecule has 5 nitrogen and oxygen atoms in total. The highest BCUT2D eigenvalue weighted by atomic mass is 79.9. The van der Waals surface area contributed by atoms with Gasteiger partial charge >= 0.3 is 5.97 Å². The Kier molecular flexibility index (Phi) is 3.75. The fourth-order valence-corrected chi connectivity index (χ4v) is 1.99. The van der Waals surface area contributed by atoms with Crippen LogP contribution in [-0.2, 0) is 4.74 Å². The summed E-state index contributed by atoms with van der Waals surface area (Å²) in [6.07, 6.45) is 1.28. The summed E-state index contributed by atoms with van der Waals surface area (Å²) >= 11 is 3.22. The average molecular weight is 326 g/mol. The van der Waals surface area contributed by atoms with Crippen LogP contribution in [0.25, 0.3) is 11.4 Å². The number of nitrogens with two attached hydrogens (primary N) is 1. The van der Waals surface area contributed by atoms with Crippen molar-refractivity contribution in [2.24, 2.45) is 0 Å². The molecular weight excluding hydrogens is 317 g/mol. The first-order valence-electron chi connectivity index (χ1n) is 5.19. The van der Waals surface area contributed by atoms with E-state index < -0.39 is 5.97 Å². The smallest absolute Gasteiger partial charge is 0.343 e. The maximum absolute atomic E-state index is 13.0. The van der Waals surface area contributed by atoms with Crippen molar-refractivity contribution in [3.8, 4) is 11.4 Å². The zero-order valence-corrected chi connectivity index (χ0v) is 11.4. The van der Waals surface area contributed by atoms with Crippen LogP contribution in [0.15, 0.2) is 28.9 Å². The van der Waals surface area contributed by atoms with Gasteiger partial charge in [-0.1, -0.05) is 0 Å². The Labute approximate surface area is 116 Å². The second kappa shape index (κ2) is 5.31. The van der Waals surface area contributed by atoms with Crippen molar-refractivity contribution >= 4 is 27.7 Å². The third-order valence-electron chi connectivity index (χ3n) is 2.40. The molecule has 0 amide bonds. The SMILES string of the molecule is COC(=O)c1cnc(-c2ccc(F)cc2Br)nc1N. The van der Waals surface area contributed by atoms with Gasteiger partial charge in [0.25, 0.3) is 0 Å². The van der Waals surface area contributed by atoms with Crippen LogP contribution in [0.4, 0.5) is 10.2 Å². The quantitative estimate of drug-likeness (QED) is 0.858. The van der Waals surface area contributed by atoms with Gasteiger partial charge in [-0.2, -0.15) is 0 Å². The highest BCUT2D eigenvalue weighted by Crippen LogP contribution is 2.27. The number of esters is 1. The number of benzene rings is 1. The third-order valence-corrected chi connectivity index (χ3v) is 3.05. The van der Waals surface area contributed by atoms with E-state index in [-0.39, 0.29) is 23.0 Å². The van der Waals surface area contributed by atoms with Crippen molar-refractivity contribution in [3.05, 3.63) is 40.2 Å². The lowest BCUT2D eigenvalue weighted by Gasteiger charge is -2.06. The monoisotopic (exact) mass is 325 g/mol. The minimum Gasteiger partial charge on any atom is -0.465 e. The molecule has 98 valence electrons. The molecule has 19 heavy (non-hydrogen) atoms.